The monoisotopic (exact) mass is 349 g/mol. The van der Waals surface area contributed by atoms with Gasteiger partial charge in [0.15, 0.2) is 0 Å². The molecule has 0 aliphatic carbocycles. The van der Waals surface area contributed by atoms with Crippen molar-refractivity contribution in [1.29, 1.82) is 0 Å². The molecule has 0 aliphatic heterocycles. The van der Waals surface area contributed by atoms with Gasteiger partial charge >= 0.3 is 0 Å². The van der Waals surface area contributed by atoms with Gasteiger partial charge in [-0.2, -0.15) is 0 Å². The summed E-state index contributed by atoms with van der Waals surface area (Å²) >= 11 is 7.37. The number of benzene rings is 2. The standard InChI is InChI=1S/C18H20ClNO2S/c1-2-3-4-8-17(22)20-18-15(21)6-5-7-16(18)23-14-11-9-13(19)10-12-14/h5-7,9-12,21H,2-4,8H2,1H3,(H,20,22). The van der Waals surface area contributed by atoms with Crippen LogP contribution in [0.4, 0.5) is 5.69 Å². The summed E-state index contributed by atoms with van der Waals surface area (Å²) in [5.41, 5.74) is 0.467. The zero-order valence-corrected chi connectivity index (χ0v) is 14.6. The van der Waals surface area contributed by atoms with E-state index in [1.165, 1.54) is 11.8 Å². The fourth-order valence-electron chi connectivity index (χ4n) is 2.10. The summed E-state index contributed by atoms with van der Waals surface area (Å²) in [6.07, 6.45) is 3.42. The molecule has 0 radical (unpaired) electrons. The highest BCUT2D eigenvalue weighted by molar-refractivity contribution is 7.99. The number of carbonyl (C=O) groups is 1. The molecule has 122 valence electrons. The summed E-state index contributed by atoms with van der Waals surface area (Å²) in [6, 6.07) is 12.7. The van der Waals surface area contributed by atoms with Crippen molar-refractivity contribution in [2.24, 2.45) is 0 Å². The maximum atomic E-state index is 12.0. The highest BCUT2D eigenvalue weighted by Crippen LogP contribution is 2.38. The van der Waals surface area contributed by atoms with Crippen LogP contribution < -0.4 is 5.32 Å². The Morgan fingerprint density at radius 2 is 1.91 bits per heavy atom. The molecule has 3 nitrogen and oxygen atoms in total. The van der Waals surface area contributed by atoms with Crippen molar-refractivity contribution in [3.8, 4) is 5.75 Å². The molecule has 2 N–H and O–H groups in total. The van der Waals surface area contributed by atoms with E-state index in [-0.39, 0.29) is 11.7 Å². The Bertz CT molecular complexity index is 659. The molecule has 0 aromatic heterocycles. The Kier molecular flexibility index (Phi) is 6.81. The van der Waals surface area contributed by atoms with Crippen LogP contribution in [0.3, 0.4) is 0 Å². The van der Waals surface area contributed by atoms with Gasteiger partial charge in [-0.15, -0.1) is 0 Å². The van der Waals surface area contributed by atoms with Gasteiger partial charge in [-0.1, -0.05) is 49.2 Å². The average Bonchev–Trinajstić information content (AvgIpc) is 2.53. The van der Waals surface area contributed by atoms with Crippen molar-refractivity contribution in [2.75, 3.05) is 5.32 Å². The van der Waals surface area contributed by atoms with E-state index >= 15 is 0 Å². The minimum absolute atomic E-state index is 0.0714. The lowest BCUT2D eigenvalue weighted by molar-refractivity contribution is -0.116. The molecule has 1 amide bonds. The number of anilines is 1. The first-order valence-electron chi connectivity index (χ1n) is 7.65. The molecule has 0 fully saturated rings. The van der Waals surface area contributed by atoms with E-state index in [0.717, 1.165) is 29.1 Å². The Labute approximate surface area is 146 Å². The predicted octanol–water partition coefficient (Wildman–Crippen LogP) is 5.72. The Morgan fingerprint density at radius 1 is 1.17 bits per heavy atom. The molecule has 0 saturated carbocycles. The molecule has 0 aliphatic rings. The molecule has 0 atom stereocenters. The van der Waals surface area contributed by atoms with E-state index in [0.29, 0.717) is 17.1 Å². The molecule has 0 heterocycles. The van der Waals surface area contributed by atoms with E-state index in [2.05, 4.69) is 12.2 Å². The Balaban J connectivity index is 2.12. The molecular weight excluding hydrogens is 330 g/mol. The number of para-hydroxylation sites is 1. The molecule has 0 bridgehead atoms. The molecule has 5 heteroatoms. The third kappa shape index (κ3) is 5.48. The maximum absolute atomic E-state index is 12.0. The summed E-state index contributed by atoms with van der Waals surface area (Å²) in [6.45, 7) is 2.10. The van der Waals surface area contributed by atoms with Gasteiger partial charge in [-0.25, -0.2) is 0 Å². The molecule has 0 saturated heterocycles. The number of phenols is 1. The molecular formula is C18H20ClNO2S. The summed E-state index contributed by atoms with van der Waals surface area (Å²) in [7, 11) is 0. The van der Waals surface area contributed by atoms with Crippen LogP contribution in [0.15, 0.2) is 52.3 Å². The van der Waals surface area contributed by atoms with Crippen LogP contribution in [0.25, 0.3) is 0 Å². The van der Waals surface area contributed by atoms with Crippen molar-refractivity contribution in [3.63, 3.8) is 0 Å². The fraction of sp³-hybridized carbons (Fsp3) is 0.278. The minimum Gasteiger partial charge on any atom is -0.506 e. The topological polar surface area (TPSA) is 49.3 Å². The van der Waals surface area contributed by atoms with E-state index in [1.54, 1.807) is 12.1 Å². The second kappa shape index (κ2) is 8.85. The number of unbranched alkanes of at least 4 members (excludes halogenated alkanes) is 2. The van der Waals surface area contributed by atoms with Crippen LogP contribution >= 0.6 is 23.4 Å². The summed E-state index contributed by atoms with van der Waals surface area (Å²) < 4.78 is 0. The van der Waals surface area contributed by atoms with Gasteiger partial charge in [0, 0.05) is 21.2 Å². The van der Waals surface area contributed by atoms with Crippen LogP contribution in [0.1, 0.15) is 32.6 Å². The van der Waals surface area contributed by atoms with Gasteiger partial charge < -0.3 is 10.4 Å². The zero-order chi connectivity index (χ0) is 16.7. The van der Waals surface area contributed by atoms with Crippen LogP contribution in [-0.2, 0) is 4.79 Å². The SMILES string of the molecule is CCCCCC(=O)Nc1c(O)cccc1Sc1ccc(Cl)cc1. The average molecular weight is 350 g/mol. The van der Waals surface area contributed by atoms with Gasteiger partial charge in [-0.05, 0) is 42.8 Å². The minimum atomic E-state index is -0.0714. The fourth-order valence-corrected chi connectivity index (χ4v) is 3.15. The van der Waals surface area contributed by atoms with Crippen molar-refractivity contribution in [1.82, 2.24) is 0 Å². The molecule has 23 heavy (non-hydrogen) atoms. The first-order chi connectivity index (χ1) is 11.1. The van der Waals surface area contributed by atoms with Gasteiger partial charge in [0.2, 0.25) is 5.91 Å². The van der Waals surface area contributed by atoms with Crippen molar-refractivity contribution < 1.29 is 9.90 Å². The molecule has 0 unspecified atom stereocenters. The zero-order valence-electron chi connectivity index (χ0n) is 13.0. The maximum Gasteiger partial charge on any atom is 0.224 e. The number of rotatable bonds is 7. The second-order valence-corrected chi connectivity index (χ2v) is 6.76. The highest BCUT2D eigenvalue weighted by atomic mass is 35.5. The first-order valence-corrected chi connectivity index (χ1v) is 8.85. The van der Waals surface area contributed by atoms with Crippen molar-refractivity contribution >= 4 is 35.0 Å². The van der Waals surface area contributed by atoms with Crippen LogP contribution in [-0.4, -0.2) is 11.0 Å². The smallest absolute Gasteiger partial charge is 0.224 e. The Morgan fingerprint density at radius 3 is 2.61 bits per heavy atom. The third-order valence-corrected chi connectivity index (χ3v) is 4.64. The van der Waals surface area contributed by atoms with Crippen LogP contribution in [0.5, 0.6) is 5.75 Å². The first kappa shape index (κ1) is 17.7. The number of aromatic hydroxyl groups is 1. The molecule has 2 aromatic rings. The van der Waals surface area contributed by atoms with Crippen molar-refractivity contribution in [2.45, 2.75) is 42.4 Å². The number of hydrogen-bond acceptors (Lipinski definition) is 3. The lowest BCUT2D eigenvalue weighted by Gasteiger charge is -2.12. The summed E-state index contributed by atoms with van der Waals surface area (Å²) in [5, 5.41) is 13.6. The van der Waals surface area contributed by atoms with E-state index in [4.69, 9.17) is 11.6 Å². The number of amides is 1. The summed E-state index contributed by atoms with van der Waals surface area (Å²) in [4.78, 5) is 13.8. The number of halogens is 1. The number of phenolic OH excluding ortho intramolecular Hbond substituents is 1. The van der Waals surface area contributed by atoms with Gasteiger partial charge in [-0.3, -0.25) is 4.79 Å². The normalized spacial score (nSPS) is 10.5. The molecule has 2 rings (SSSR count). The van der Waals surface area contributed by atoms with E-state index in [9.17, 15) is 9.90 Å². The van der Waals surface area contributed by atoms with E-state index in [1.807, 2.05) is 30.3 Å². The third-order valence-electron chi connectivity index (χ3n) is 3.32. The lowest BCUT2D eigenvalue weighted by Crippen LogP contribution is -2.11. The van der Waals surface area contributed by atoms with Crippen LogP contribution in [0.2, 0.25) is 5.02 Å². The lowest BCUT2D eigenvalue weighted by atomic mass is 10.2. The number of hydrogen-bond donors (Lipinski definition) is 2. The predicted molar refractivity (Wildman–Crippen MR) is 96.5 cm³/mol. The largest absolute Gasteiger partial charge is 0.506 e. The van der Waals surface area contributed by atoms with Crippen LogP contribution in [0, 0.1) is 0 Å². The summed E-state index contributed by atoms with van der Waals surface area (Å²) in [5.74, 6) is 0.00529. The van der Waals surface area contributed by atoms with Gasteiger partial charge in [0.25, 0.3) is 0 Å². The van der Waals surface area contributed by atoms with E-state index < -0.39 is 0 Å². The second-order valence-electron chi connectivity index (χ2n) is 5.21. The number of carbonyl (C=O) groups excluding carboxylic acids is 1. The van der Waals surface area contributed by atoms with Crippen molar-refractivity contribution in [3.05, 3.63) is 47.5 Å². The Hall–Kier alpha value is -1.65. The molecule has 0 spiro atoms. The van der Waals surface area contributed by atoms with Gasteiger partial charge in [0.1, 0.15) is 5.75 Å². The quantitative estimate of drug-likeness (QED) is 0.496. The number of nitrogens with one attached hydrogen (secondary N) is 1. The van der Waals surface area contributed by atoms with Gasteiger partial charge in [0.05, 0.1) is 5.69 Å². The highest BCUT2D eigenvalue weighted by Gasteiger charge is 2.12. The molecule has 2 aromatic carbocycles.